The second kappa shape index (κ2) is 9.20. The molecule has 4 rings (SSSR count). The van der Waals surface area contributed by atoms with E-state index in [0.29, 0.717) is 13.0 Å². The minimum absolute atomic E-state index is 0.0756. The summed E-state index contributed by atoms with van der Waals surface area (Å²) in [5.74, 6) is 0.0756. The van der Waals surface area contributed by atoms with Crippen molar-refractivity contribution in [1.82, 2.24) is 9.88 Å². The van der Waals surface area contributed by atoms with Gasteiger partial charge in [-0.15, -0.1) is 11.3 Å². The topological polar surface area (TPSA) is 45.7 Å². The second-order valence-electron chi connectivity index (χ2n) is 7.16. The van der Waals surface area contributed by atoms with Crippen LogP contribution in [-0.4, -0.2) is 49.1 Å². The van der Waals surface area contributed by atoms with E-state index in [1.807, 2.05) is 48.8 Å². The maximum atomic E-state index is 12.8. The van der Waals surface area contributed by atoms with E-state index in [-0.39, 0.29) is 5.91 Å². The number of amides is 1. The van der Waals surface area contributed by atoms with Crippen LogP contribution in [0.4, 0.5) is 5.69 Å². The summed E-state index contributed by atoms with van der Waals surface area (Å²) >= 11 is 1.58. The number of rotatable bonds is 6. The SMILES string of the molecule is CN(Cc1ccccc1N1CCOCC1)C(=O)Cc1csc(-c2ccccc2)n1. The monoisotopic (exact) mass is 407 g/mol. The van der Waals surface area contributed by atoms with Gasteiger partial charge >= 0.3 is 0 Å². The van der Waals surface area contributed by atoms with Gasteiger partial charge in [0.15, 0.2) is 0 Å². The van der Waals surface area contributed by atoms with Crippen molar-refractivity contribution in [3.8, 4) is 10.6 Å². The van der Waals surface area contributed by atoms with Gasteiger partial charge in [0.1, 0.15) is 5.01 Å². The number of carbonyl (C=O) groups is 1. The van der Waals surface area contributed by atoms with Crippen molar-refractivity contribution in [2.75, 3.05) is 38.3 Å². The van der Waals surface area contributed by atoms with Crippen LogP contribution >= 0.6 is 11.3 Å². The van der Waals surface area contributed by atoms with Crippen LogP contribution in [0.5, 0.6) is 0 Å². The first kappa shape index (κ1) is 19.6. The molecule has 1 aliphatic heterocycles. The standard InChI is InChI=1S/C23H25N3O2S/c1-25(16-19-9-5-6-10-21(19)26-11-13-28-14-12-26)22(27)15-20-17-29-23(24-20)18-7-3-2-4-8-18/h2-10,17H,11-16H2,1H3. The highest BCUT2D eigenvalue weighted by atomic mass is 32.1. The summed E-state index contributed by atoms with van der Waals surface area (Å²) in [7, 11) is 1.86. The van der Waals surface area contributed by atoms with Gasteiger partial charge in [-0.2, -0.15) is 0 Å². The molecule has 0 atom stereocenters. The van der Waals surface area contributed by atoms with E-state index in [1.54, 1.807) is 16.2 Å². The predicted molar refractivity (Wildman–Crippen MR) is 117 cm³/mol. The Labute approximate surface area is 175 Å². The van der Waals surface area contributed by atoms with Crippen LogP contribution < -0.4 is 4.90 Å². The maximum absolute atomic E-state index is 12.8. The number of hydrogen-bond acceptors (Lipinski definition) is 5. The van der Waals surface area contributed by atoms with Crippen LogP contribution in [0.2, 0.25) is 0 Å². The third-order valence-electron chi connectivity index (χ3n) is 5.08. The molecule has 0 saturated carbocycles. The zero-order valence-corrected chi connectivity index (χ0v) is 17.4. The Balaban J connectivity index is 1.41. The molecular weight excluding hydrogens is 382 g/mol. The van der Waals surface area contributed by atoms with E-state index < -0.39 is 0 Å². The molecule has 1 saturated heterocycles. The molecule has 2 heterocycles. The first-order chi connectivity index (χ1) is 14.2. The fourth-order valence-electron chi connectivity index (χ4n) is 3.49. The molecule has 0 spiro atoms. The number of thiazole rings is 1. The average Bonchev–Trinajstić information content (AvgIpc) is 3.24. The number of carbonyl (C=O) groups excluding carboxylic acids is 1. The molecule has 5 nitrogen and oxygen atoms in total. The molecule has 1 amide bonds. The summed E-state index contributed by atoms with van der Waals surface area (Å²) < 4.78 is 5.47. The van der Waals surface area contributed by atoms with Gasteiger partial charge in [-0.25, -0.2) is 4.98 Å². The van der Waals surface area contributed by atoms with Crippen LogP contribution in [0.15, 0.2) is 60.0 Å². The fourth-order valence-corrected chi connectivity index (χ4v) is 4.32. The Morgan fingerprint density at radius 1 is 1.10 bits per heavy atom. The Kier molecular flexibility index (Phi) is 6.22. The molecule has 29 heavy (non-hydrogen) atoms. The summed E-state index contributed by atoms with van der Waals surface area (Å²) in [4.78, 5) is 21.6. The number of anilines is 1. The minimum Gasteiger partial charge on any atom is -0.378 e. The lowest BCUT2D eigenvalue weighted by Gasteiger charge is -2.31. The lowest BCUT2D eigenvalue weighted by atomic mass is 10.1. The predicted octanol–water partition coefficient (Wildman–Crippen LogP) is 3.85. The van der Waals surface area contributed by atoms with Crippen LogP contribution in [0.25, 0.3) is 10.6 Å². The van der Waals surface area contributed by atoms with E-state index >= 15 is 0 Å². The number of likely N-dealkylation sites (N-methyl/N-ethyl adjacent to an activating group) is 1. The summed E-state index contributed by atoms with van der Waals surface area (Å²) in [5, 5.41) is 2.93. The van der Waals surface area contributed by atoms with Crippen LogP contribution in [0, 0.1) is 0 Å². The first-order valence-corrected chi connectivity index (χ1v) is 10.7. The average molecular weight is 408 g/mol. The molecule has 2 aromatic carbocycles. The number of benzene rings is 2. The van der Waals surface area contributed by atoms with Gasteiger partial charge in [-0.1, -0.05) is 48.5 Å². The lowest BCUT2D eigenvalue weighted by molar-refractivity contribution is -0.129. The highest BCUT2D eigenvalue weighted by Gasteiger charge is 2.18. The quantitative estimate of drug-likeness (QED) is 0.623. The lowest BCUT2D eigenvalue weighted by Crippen LogP contribution is -2.37. The molecule has 0 bridgehead atoms. The van der Waals surface area contributed by atoms with E-state index in [9.17, 15) is 4.79 Å². The van der Waals surface area contributed by atoms with E-state index in [2.05, 4.69) is 28.1 Å². The van der Waals surface area contributed by atoms with Crippen molar-refractivity contribution in [1.29, 1.82) is 0 Å². The van der Waals surface area contributed by atoms with Crippen LogP contribution in [0.1, 0.15) is 11.3 Å². The number of nitrogens with zero attached hydrogens (tertiary/aromatic N) is 3. The maximum Gasteiger partial charge on any atom is 0.228 e. The smallest absolute Gasteiger partial charge is 0.228 e. The van der Waals surface area contributed by atoms with Crippen molar-refractivity contribution in [3.05, 3.63) is 71.2 Å². The highest BCUT2D eigenvalue weighted by molar-refractivity contribution is 7.13. The van der Waals surface area contributed by atoms with Crippen molar-refractivity contribution in [2.24, 2.45) is 0 Å². The summed E-state index contributed by atoms with van der Waals surface area (Å²) in [5.41, 5.74) is 4.26. The third kappa shape index (κ3) is 4.83. The Bertz CT molecular complexity index is 952. The van der Waals surface area contributed by atoms with Crippen molar-refractivity contribution in [3.63, 3.8) is 0 Å². The van der Waals surface area contributed by atoms with E-state index in [0.717, 1.165) is 48.1 Å². The molecule has 150 valence electrons. The third-order valence-corrected chi connectivity index (χ3v) is 6.02. The minimum atomic E-state index is 0.0756. The molecule has 1 aromatic heterocycles. The molecule has 3 aromatic rings. The molecule has 1 aliphatic rings. The van der Waals surface area contributed by atoms with Gasteiger partial charge in [0, 0.05) is 43.3 Å². The van der Waals surface area contributed by atoms with Gasteiger partial charge in [0.05, 0.1) is 25.3 Å². The first-order valence-electron chi connectivity index (χ1n) is 9.85. The number of aromatic nitrogens is 1. The number of ether oxygens (including phenoxy) is 1. The molecule has 0 N–H and O–H groups in total. The van der Waals surface area contributed by atoms with Crippen molar-refractivity contribution < 1.29 is 9.53 Å². The normalized spacial score (nSPS) is 14.0. The van der Waals surface area contributed by atoms with Crippen LogP contribution in [-0.2, 0) is 22.5 Å². The van der Waals surface area contributed by atoms with Gasteiger partial charge < -0.3 is 14.5 Å². The second-order valence-corrected chi connectivity index (χ2v) is 8.02. The molecule has 6 heteroatoms. The van der Waals surface area contributed by atoms with Gasteiger partial charge in [0.2, 0.25) is 5.91 Å². The zero-order valence-electron chi connectivity index (χ0n) is 16.6. The fraction of sp³-hybridized carbons (Fsp3) is 0.304. The van der Waals surface area contributed by atoms with Gasteiger partial charge in [-0.3, -0.25) is 4.79 Å². The largest absolute Gasteiger partial charge is 0.378 e. The van der Waals surface area contributed by atoms with E-state index in [1.165, 1.54) is 5.69 Å². The summed E-state index contributed by atoms with van der Waals surface area (Å²) in [6.07, 6.45) is 0.319. The van der Waals surface area contributed by atoms with Gasteiger partial charge in [-0.05, 0) is 11.6 Å². The van der Waals surface area contributed by atoms with Crippen LogP contribution in [0.3, 0.4) is 0 Å². The molecular formula is C23H25N3O2S. The van der Waals surface area contributed by atoms with Crippen molar-refractivity contribution in [2.45, 2.75) is 13.0 Å². The van der Waals surface area contributed by atoms with E-state index in [4.69, 9.17) is 4.74 Å². The molecule has 0 unspecified atom stereocenters. The number of para-hydroxylation sites is 1. The summed E-state index contributed by atoms with van der Waals surface area (Å²) in [6.45, 7) is 3.85. The highest BCUT2D eigenvalue weighted by Crippen LogP contribution is 2.25. The molecule has 0 radical (unpaired) electrons. The molecule has 0 aliphatic carbocycles. The Morgan fingerprint density at radius 2 is 1.83 bits per heavy atom. The number of morpholine rings is 1. The number of hydrogen-bond donors (Lipinski definition) is 0. The zero-order chi connectivity index (χ0) is 20.1. The molecule has 1 fully saturated rings. The summed E-state index contributed by atoms with van der Waals surface area (Å²) in [6, 6.07) is 18.4. The Morgan fingerprint density at radius 3 is 2.62 bits per heavy atom. The Hall–Kier alpha value is -2.70. The van der Waals surface area contributed by atoms with Gasteiger partial charge in [0.25, 0.3) is 0 Å². The van der Waals surface area contributed by atoms with Crippen molar-refractivity contribution >= 4 is 22.9 Å².